The van der Waals surface area contributed by atoms with Gasteiger partial charge in [0, 0.05) is 6.20 Å². The molecule has 0 spiro atoms. The van der Waals surface area contributed by atoms with E-state index in [0.717, 1.165) is 6.42 Å². The van der Waals surface area contributed by atoms with E-state index in [-0.39, 0.29) is 5.75 Å². The number of aromatic nitrogens is 1. The maximum absolute atomic E-state index is 12.7. The first-order valence-corrected chi connectivity index (χ1v) is 3.58. The summed E-state index contributed by atoms with van der Waals surface area (Å²) in [6, 6.07) is 3.21. The number of rotatable bonds is 3. The van der Waals surface area contributed by atoms with Crippen LogP contribution in [0.2, 0.25) is 0 Å². The van der Waals surface area contributed by atoms with Crippen LogP contribution in [-0.2, 0) is 0 Å². The summed E-state index contributed by atoms with van der Waals surface area (Å²) in [5.41, 5.74) is 0. The van der Waals surface area contributed by atoms with Crippen molar-refractivity contribution in [3.8, 4) is 5.75 Å². The largest absolute Gasteiger partial charge is 0.489 e. The Bertz CT molecular complexity index is 227. The number of nitrogens with zero attached hydrogens (tertiary/aromatic N) is 1. The predicted molar refractivity (Wildman–Crippen MR) is 40.0 cm³/mol. The predicted octanol–water partition coefficient (Wildman–Crippen LogP) is 2.01. The average molecular weight is 155 g/mol. The number of hydrogen-bond acceptors (Lipinski definition) is 2. The Labute approximate surface area is 65.0 Å². The van der Waals surface area contributed by atoms with E-state index in [1.807, 2.05) is 6.92 Å². The molecule has 0 fully saturated rings. The van der Waals surface area contributed by atoms with E-state index in [2.05, 4.69) is 4.98 Å². The Kier molecular flexibility index (Phi) is 2.83. The van der Waals surface area contributed by atoms with Crippen LogP contribution < -0.4 is 4.74 Å². The van der Waals surface area contributed by atoms with Gasteiger partial charge in [0.25, 0.3) is 5.95 Å². The van der Waals surface area contributed by atoms with Crippen LogP contribution in [0.3, 0.4) is 0 Å². The molecule has 11 heavy (non-hydrogen) atoms. The third kappa shape index (κ3) is 2.18. The van der Waals surface area contributed by atoms with Gasteiger partial charge in [0.2, 0.25) is 0 Å². The van der Waals surface area contributed by atoms with Crippen LogP contribution in [0.4, 0.5) is 4.39 Å². The number of hydrogen-bond donors (Lipinski definition) is 0. The highest BCUT2D eigenvalue weighted by Gasteiger charge is 2.00. The van der Waals surface area contributed by atoms with Crippen molar-refractivity contribution in [1.82, 2.24) is 4.98 Å². The van der Waals surface area contributed by atoms with E-state index in [4.69, 9.17) is 4.74 Å². The fourth-order valence-corrected chi connectivity index (χ4v) is 0.691. The van der Waals surface area contributed by atoms with Gasteiger partial charge >= 0.3 is 0 Å². The van der Waals surface area contributed by atoms with Gasteiger partial charge in [-0.2, -0.15) is 4.39 Å². The topological polar surface area (TPSA) is 22.1 Å². The van der Waals surface area contributed by atoms with Crippen molar-refractivity contribution < 1.29 is 9.13 Å². The van der Waals surface area contributed by atoms with Crippen molar-refractivity contribution in [2.75, 3.05) is 6.61 Å². The highest BCUT2D eigenvalue weighted by Crippen LogP contribution is 2.12. The molecule has 60 valence electrons. The van der Waals surface area contributed by atoms with Gasteiger partial charge in [-0.15, -0.1) is 0 Å². The molecule has 1 aromatic rings. The summed E-state index contributed by atoms with van der Waals surface area (Å²) in [5.74, 6) is -0.310. The first kappa shape index (κ1) is 7.98. The monoisotopic (exact) mass is 155 g/mol. The highest BCUT2D eigenvalue weighted by molar-refractivity contribution is 5.17. The number of ether oxygens (including phenoxy) is 1. The second-order valence-corrected chi connectivity index (χ2v) is 2.14. The molecule has 0 aromatic carbocycles. The minimum atomic E-state index is -0.541. The van der Waals surface area contributed by atoms with Gasteiger partial charge in [-0.25, -0.2) is 4.98 Å². The molecule has 3 heteroatoms. The van der Waals surface area contributed by atoms with Gasteiger partial charge in [-0.1, -0.05) is 6.92 Å². The summed E-state index contributed by atoms with van der Waals surface area (Å²) in [4.78, 5) is 3.44. The van der Waals surface area contributed by atoms with Crippen molar-refractivity contribution in [2.45, 2.75) is 13.3 Å². The van der Waals surface area contributed by atoms with E-state index in [1.54, 1.807) is 12.1 Å². The fraction of sp³-hybridized carbons (Fsp3) is 0.375. The molecule has 0 aliphatic heterocycles. The van der Waals surface area contributed by atoms with Crippen molar-refractivity contribution in [1.29, 1.82) is 0 Å². The standard InChI is InChI=1S/C8H10FNO/c1-2-6-11-7-4-3-5-10-8(7)9/h3-5H,2,6H2,1H3. The van der Waals surface area contributed by atoms with Crippen LogP contribution in [0.1, 0.15) is 13.3 Å². The average Bonchev–Trinajstić information content (AvgIpc) is 2.03. The molecule has 0 atom stereocenters. The summed E-state index contributed by atoms with van der Waals surface area (Å²) in [6.07, 6.45) is 2.27. The smallest absolute Gasteiger partial charge is 0.255 e. The molecule has 0 bridgehead atoms. The Balaban J connectivity index is 2.62. The first-order valence-electron chi connectivity index (χ1n) is 3.58. The minimum absolute atomic E-state index is 0.231. The molecule has 0 saturated heterocycles. The van der Waals surface area contributed by atoms with Crippen molar-refractivity contribution >= 4 is 0 Å². The summed E-state index contributed by atoms with van der Waals surface area (Å²) >= 11 is 0. The zero-order valence-electron chi connectivity index (χ0n) is 6.38. The lowest BCUT2D eigenvalue weighted by Crippen LogP contribution is -1.98. The van der Waals surface area contributed by atoms with Crippen molar-refractivity contribution in [3.05, 3.63) is 24.3 Å². The molecule has 0 aliphatic carbocycles. The van der Waals surface area contributed by atoms with Gasteiger partial charge in [0.15, 0.2) is 5.75 Å². The lowest BCUT2D eigenvalue weighted by molar-refractivity contribution is 0.297. The van der Waals surface area contributed by atoms with E-state index < -0.39 is 5.95 Å². The quantitative estimate of drug-likeness (QED) is 0.623. The van der Waals surface area contributed by atoms with Crippen LogP contribution in [0.15, 0.2) is 18.3 Å². The SMILES string of the molecule is CCCOc1cccnc1F. The second-order valence-electron chi connectivity index (χ2n) is 2.14. The lowest BCUT2D eigenvalue weighted by Gasteiger charge is -2.02. The van der Waals surface area contributed by atoms with Gasteiger partial charge in [0.1, 0.15) is 0 Å². The van der Waals surface area contributed by atoms with Gasteiger partial charge < -0.3 is 4.74 Å². The molecule has 2 nitrogen and oxygen atoms in total. The Hall–Kier alpha value is -1.12. The van der Waals surface area contributed by atoms with Crippen LogP contribution in [0.25, 0.3) is 0 Å². The van der Waals surface area contributed by atoms with Crippen molar-refractivity contribution in [3.63, 3.8) is 0 Å². The summed E-state index contributed by atoms with van der Waals surface area (Å²) < 4.78 is 17.7. The van der Waals surface area contributed by atoms with E-state index in [1.165, 1.54) is 6.20 Å². The third-order valence-electron chi connectivity index (χ3n) is 1.19. The number of halogens is 1. The number of pyridine rings is 1. The molecule has 1 aromatic heterocycles. The molecule has 0 aliphatic rings. The molecule has 0 amide bonds. The van der Waals surface area contributed by atoms with E-state index >= 15 is 0 Å². The Morgan fingerprint density at radius 1 is 1.64 bits per heavy atom. The molecule has 1 heterocycles. The van der Waals surface area contributed by atoms with Crippen LogP contribution >= 0.6 is 0 Å². The third-order valence-corrected chi connectivity index (χ3v) is 1.19. The Morgan fingerprint density at radius 2 is 2.45 bits per heavy atom. The van der Waals surface area contributed by atoms with Crippen LogP contribution in [0.5, 0.6) is 5.75 Å². The van der Waals surface area contributed by atoms with E-state index in [0.29, 0.717) is 6.61 Å². The van der Waals surface area contributed by atoms with Crippen molar-refractivity contribution in [2.24, 2.45) is 0 Å². The summed E-state index contributed by atoms with van der Waals surface area (Å²) in [6.45, 7) is 2.50. The highest BCUT2D eigenvalue weighted by atomic mass is 19.1. The molecule has 0 saturated carbocycles. The molecular weight excluding hydrogens is 145 g/mol. The second kappa shape index (κ2) is 3.91. The molecule has 1 rings (SSSR count). The normalized spacial score (nSPS) is 9.64. The zero-order chi connectivity index (χ0) is 8.10. The zero-order valence-corrected chi connectivity index (χ0v) is 6.38. The molecule has 0 radical (unpaired) electrons. The molecule has 0 N–H and O–H groups in total. The maximum atomic E-state index is 12.7. The van der Waals surface area contributed by atoms with Gasteiger partial charge in [-0.05, 0) is 18.6 Å². The lowest BCUT2D eigenvalue weighted by atomic mass is 10.4. The summed E-state index contributed by atoms with van der Waals surface area (Å²) in [5, 5.41) is 0. The maximum Gasteiger partial charge on any atom is 0.255 e. The van der Waals surface area contributed by atoms with Crippen LogP contribution in [-0.4, -0.2) is 11.6 Å². The molecule has 0 unspecified atom stereocenters. The summed E-state index contributed by atoms with van der Waals surface area (Å²) in [7, 11) is 0. The minimum Gasteiger partial charge on any atom is -0.489 e. The fourth-order valence-electron chi connectivity index (χ4n) is 0.691. The van der Waals surface area contributed by atoms with Crippen LogP contribution in [0, 0.1) is 5.95 Å². The van der Waals surface area contributed by atoms with E-state index in [9.17, 15) is 4.39 Å². The Morgan fingerprint density at radius 3 is 3.09 bits per heavy atom. The van der Waals surface area contributed by atoms with Gasteiger partial charge in [0.05, 0.1) is 6.61 Å². The van der Waals surface area contributed by atoms with Gasteiger partial charge in [-0.3, -0.25) is 0 Å². The molecular formula is C8H10FNO. The first-order chi connectivity index (χ1) is 5.34.